The Morgan fingerprint density at radius 2 is 2.09 bits per heavy atom. The molecule has 0 spiro atoms. The largest absolute Gasteiger partial charge is 0.486 e. The van der Waals surface area contributed by atoms with Crippen LogP contribution in [0.1, 0.15) is 12.5 Å². The van der Waals surface area contributed by atoms with Crippen LogP contribution in [0.25, 0.3) is 0 Å². The highest BCUT2D eigenvalue weighted by atomic mass is 32.1. The molecule has 0 saturated heterocycles. The molecule has 1 aromatic carbocycles. The van der Waals surface area contributed by atoms with Gasteiger partial charge in [0.15, 0.2) is 11.5 Å². The van der Waals surface area contributed by atoms with Gasteiger partial charge >= 0.3 is 0 Å². The Balaban J connectivity index is 1.65. The first kappa shape index (κ1) is 15.2. The summed E-state index contributed by atoms with van der Waals surface area (Å²) in [5.41, 5.74) is 1.23. The summed E-state index contributed by atoms with van der Waals surface area (Å²) in [5.74, 6) is 1.16. The van der Waals surface area contributed by atoms with Gasteiger partial charge in [-0.1, -0.05) is 0 Å². The van der Waals surface area contributed by atoms with Crippen LogP contribution in [0.3, 0.4) is 0 Å². The number of rotatable bonds is 4. The molecule has 0 aliphatic carbocycles. The molecule has 1 atom stereocenters. The van der Waals surface area contributed by atoms with Gasteiger partial charge in [0.25, 0.3) is 0 Å². The fourth-order valence-corrected chi connectivity index (χ4v) is 2.90. The first-order chi connectivity index (χ1) is 11.2. The number of benzene rings is 1. The Labute approximate surface area is 137 Å². The number of hydrogen-bond acceptors (Lipinski definition) is 6. The van der Waals surface area contributed by atoms with E-state index in [1.54, 1.807) is 18.4 Å². The highest BCUT2D eigenvalue weighted by Gasteiger charge is 2.17. The Hall–Kier alpha value is -2.72. The van der Waals surface area contributed by atoms with Gasteiger partial charge in [0.05, 0.1) is 5.56 Å². The number of carbonyl (C=O) groups is 1. The van der Waals surface area contributed by atoms with Gasteiger partial charge in [0.2, 0.25) is 5.91 Å². The molecule has 0 saturated carbocycles. The smallest absolute Gasteiger partial charge is 0.247 e. The summed E-state index contributed by atoms with van der Waals surface area (Å²) in [7, 11) is 0. The summed E-state index contributed by atoms with van der Waals surface area (Å²) in [6, 6.07) is 8.72. The van der Waals surface area contributed by atoms with Crippen molar-refractivity contribution in [2.24, 2.45) is 0 Å². The number of nitrogens with one attached hydrogen (secondary N) is 2. The highest BCUT2D eigenvalue weighted by molar-refractivity contribution is 7.14. The van der Waals surface area contributed by atoms with E-state index >= 15 is 0 Å². The molecule has 1 amide bonds. The Kier molecular flexibility index (Phi) is 4.35. The molecular weight excluding hydrogens is 314 g/mol. The second kappa shape index (κ2) is 6.58. The molecule has 6 nitrogen and oxygen atoms in total. The normalized spacial score (nSPS) is 13.7. The molecule has 1 aliphatic heterocycles. The van der Waals surface area contributed by atoms with Gasteiger partial charge in [-0.15, -0.1) is 11.3 Å². The van der Waals surface area contributed by atoms with Crippen LogP contribution >= 0.6 is 11.3 Å². The van der Waals surface area contributed by atoms with E-state index in [0.717, 1.165) is 5.69 Å². The van der Waals surface area contributed by atoms with E-state index in [-0.39, 0.29) is 5.91 Å². The molecule has 2 N–H and O–H groups in total. The molecule has 2 aromatic rings. The first-order valence-corrected chi connectivity index (χ1v) is 8.00. The lowest BCUT2D eigenvalue weighted by atomic mass is 10.2. The second-order valence-corrected chi connectivity index (χ2v) is 5.91. The van der Waals surface area contributed by atoms with Gasteiger partial charge in [-0.2, -0.15) is 5.26 Å². The molecular formula is C16H15N3O3S. The third-order valence-electron chi connectivity index (χ3n) is 3.34. The lowest BCUT2D eigenvalue weighted by Crippen LogP contribution is -2.31. The van der Waals surface area contributed by atoms with E-state index in [1.165, 1.54) is 11.3 Å². The monoisotopic (exact) mass is 329 g/mol. The van der Waals surface area contributed by atoms with Crippen molar-refractivity contribution in [3.05, 3.63) is 35.2 Å². The maximum absolute atomic E-state index is 12.2. The van der Waals surface area contributed by atoms with Crippen molar-refractivity contribution in [2.75, 3.05) is 23.8 Å². The number of nitriles is 1. The zero-order chi connectivity index (χ0) is 16.2. The minimum Gasteiger partial charge on any atom is -0.486 e. The standard InChI is InChI=1S/C16H15N3O3S/c1-10(15(20)19-16-11(9-17)4-7-23-16)18-12-2-3-13-14(8-12)22-6-5-21-13/h2-4,7-8,10,18H,5-6H2,1H3,(H,19,20)/t10-/m1/s1. The molecule has 3 rings (SSSR count). The van der Waals surface area contributed by atoms with Gasteiger partial charge in [0, 0.05) is 11.8 Å². The molecule has 118 valence electrons. The maximum Gasteiger partial charge on any atom is 0.247 e. The summed E-state index contributed by atoms with van der Waals surface area (Å²) >= 11 is 1.33. The maximum atomic E-state index is 12.2. The van der Waals surface area contributed by atoms with Crippen molar-refractivity contribution in [3.8, 4) is 17.6 Å². The third-order valence-corrected chi connectivity index (χ3v) is 4.17. The summed E-state index contributed by atoms with van der Waals surface area (Å²) in [5, 5.41) is 17.2. The van der Waals surface area contributed by atoms with Crippen LogP contribution in [0.5, 0.6) is 11.5 Å². The fourth-order valence-electron chi connectivity index (χ4n) is 2.16. The topological polar surface area (TPSA) is 83.4 Å². The van der Waals surface area contributed by atoms with Crippen LogP contribution in [0.2, 0.25) is 0 Å². The lowest BCUT2D eigenvalue weighted by Gasteiger charge is -2.20. The molecule has 0 radical (unpaired) electrons. The van der Waals surface area contributed by atoms with Crippen LogP contribution in [0.15, 0.2) is 29.6 Å². The number of thiophene rings is 1. The molecule has 23 heavy (non-hydrogen) atoms. The quantitative estimate of drug-likeness (QED) is 0.901. The molecule has 2 heterocycles. The third kappa shape index (κ3) is 3.38. The summed E-state index contributed by atoms with van der Waals surface area (Å²) in [6.45, 7) is 2.81. The second-order valence-electron chi connectivity index (χ2n) is 4.99. The van der Waals surface area contributed by atoms with Crippen LogP contribution in [0.4, 0.5) is 10.7 Å². The van der Waals surface area contributed by atoms with E-state index in [9.17, 15) is 4.79 Å². The Morgan fingerprint density at radius 1 is 1.30 bits per heavy atom. The van der Waals surface area contributed by atoms with Gasteiger partial charge in [-0.25, -0.2) is 0 Å². The van der Waals surface area contributed by atoms with Crippen LogP contribution in [-0.4, -0.2) is 25.2 Å². The number of anilines is 2. The molecule has 0 unspecified atom stereocenters. The minimum atomic E-state index is -0.466. The van der Waals surface area contributed by atoms with Crippen molar-refractivity contribution in [2.45, 2.75) is 13.0 Å². The van der Waals surface area contributed by atoms with E-state index < -0.39 is 6.04 Å². The molecule has 7 heteroatoms. The Morgan fingerprint density at radius 3 is 2.87 bits per heavy atom. The van der Waals surface area contributed by atoms with Crippen LogP contribution in [0, 0.1) is 11.3 Å². The zero-order valence-corrected chi connectivity index (χ0v) is 13.3. The number of ether oxygens (including phenoxy) is 2. The van der Waals surface area contributed by atoms with Gasteiger partial charge in [0.1, 0.15) is 30.3 Å². The average Bonchev–Trinajstić information content (AvgIpc) is 3.01. The molecule has 0 fully saturated rings. The van der Waals surface area contributed by atoms with Crippen LogP contribution in [-0.2, 0) is 4.79 Å². The average molecular weight is 329 g/mol. The summed E-state index contributed by atoms with van der Waals surface area (Å²) in [6.07, 6.45) is 0. The predicted octanol–water partition coefficient (Wildman–Crippen LogP) is 2.83. The first-order valence-electron chi connectivity index (χ1n) is 7.12. The Bertz CT molecular complexity index is 766. The van der Waals surface area contributed by atoms with Crippen LogP contribution < -0.4 is 20.1 Å². The minimum absolute atomic E-state index is 0.209. The number of amides is 1. The number of carbonyl (C=O) groups excluding carboxylic acids is 1. The number of nitrogens with zero attached hydrogens (tertiary/aromatic N) is 1. The number of hydrogen-bond donors (Lipinski definition) is 2. The zero-order valence-electron chi connectivity index (χ0n) is 12.5. The van der Waals surface area contributed by atoms with Crippen molar-refractivity contribution in [1.82, 2.24) is 0 Å². The van der Waals surface area contributed by atoms with E-state index in [0.29, 0.717) is 35.3 Å². The van der Waals surface area contributed by atoms with Gasteiger partial charge in [-0.05, 0) is 30.5 Å². The van der Waals surface area contributed by atoms with Gasteiger partial charge in [-0.3, -0.25) is 4.79 Å². The molecule has 0 bridgehead atoms. The summed E-state index contributed by atoms with van der Waals surface area (Å²) < 4.78 is 11.0. The van der Waals surface area contributed by atoms with Gasteiger partial charge < -0.3 is 20.1 Å². The number of fused-ring (bicyclic) bond motifs is 1. The highest BCUT2D eigenvalue weighted by Crippen LogP contribution is 2.32. The lowest BCUT2D eigenvalue weighted by molar-refractivity contribution is -0.116. The predicted molar refractivity (Wildman–Crippen MR) is 88.2 cm³/mol. The van der Waals surface area contributed by atoms with Crippen molar-refractivity contribution in [1.29, 1.82) is 5.26 Å². The van der Waals surface area contributed by atoms with Crippen molar-refractivity contribution in [3.63, 3.8) is 0 Å². The van der Waals surface area contributed by atoms with E-state index in [4.69, 9.17) is 14.7 Å². The summed E-state index contributed by atoms with van der Waals surface area (Å²) in [4.78, 5) is 12.2. The molecule has 1 aromatic heterocycles. The van der Waals surface area contributed by atoms with E-state index in [2.05, 4.69) is 10.6 Å². The fraction of sp³-hybridized carbons (Fsp3) is 0.250. The SMILES string of the molecule is C[C@@H](Nc1ccc2c(c1)OCCO2)C(=O)Nc1sccc1C#N. The van der Waals surface area contributed by atoms with Crippen molar-refractivity contribution >= 4 is 27.9 Å². The van der Waals surface area contributed by atoms with Crippen molar-refractivity contribution < 1.29 is 14.3 Å². The molecule has 1 aliphatic rings. The van der Waals surface area contributed by atoms with E-state index in [1.807, 2.05) is 24.3 Å².